The Bertz CT molecular complexity index is 951. The molecule has 0 aromatic heterocycles. The van der Waals surface area contributed by atoms with Crippen molar-refractivity contribution in [3.63, 3.8) is 0 Å². The lowest BCUT2D eigenvalue weighted by molar-refractivity contribution is -0.134. The topological polar surface area (TPSA) is 93.1 Å². The van der Waals surface area contributed by atoms with Crippen molar-refractivity contribution in [3.8, 4) is 23.0 Å². The number of benzene rings is 2. The summed E-state index contributed by atoms with van der Waals surface area (Å²) in [6.07, 6.45) is 8.80. The van der Waals surface area contributed by atoms with Crippen LogP contribution in [-0.4, -0.2) is 36.0 Å². The largest absolute Gasteiger partial charge is 0.504 e. The molecule has 1 saturated carbocycles. The first-order valence-electron chi connectivity index (χ1n) is 10.1. The Labute approximate surface area is 181 Å². The Hall–Kier alpha value is -3.54. The molecule has 2 aromatic carbocycles. The second kappa shape index (κ2) is 9.51. The molecule has 1 aliphatic carbocycles. The first kappa shape index (κ1) is 22.2. The van der Waals surface area contributed by atoms with Crippen LogP contribution in [0.2, 0.25) is 0 Å². The molecule has 0 unspecified atom stereocenters. The second-order valence-electron chi connectivity index (χ2n) is 7.55. The van der Waals surface area contributed by atoms with Crippen molar-refractivity contribution < 1.29 is 29.3 Å². The molecule has 0 heterocycles. The maximum absolute atomic E-state index is 13.1. The molecule has 0 radical (unpaired) electrons. The van der Waals surface area contributed by atoms with Crippen LogP contribution in [0.4, 0.5) is 0 Å². The minimum atomic E-state index is -1.06. The van der Waals surface area contributed by atoms with Gasteiger partial charge in [0, 0.05) is 0 Å². The van der Waals surface area contributed by atoms with Gasteiger partial charge in [-0.05, 0) is 60.4 Å². The smallest absolute Gasteiger partial charge is 0.169 e. The first-order valence-corrected chi connectivity index (χ1v) is 10.1. The van der Waals surface area contributed by atoms with Crippen molar-refractivity contribution in [2.75, 3.05) is 14.2 Å². The highest BCUT2D eigenvalue weighted by Crippen LogP contribution is 2.41. The van der Waals surface area contributed by atoms with Crippen molar-refractivity contribution in [2.24, 2.45) is 5.41 Å². The quantitative estimate of drug-likeness (QED) is 0.479. The molecule has 1 fully saturated rings. The fourth-order valence-electron chi connectivity index (χ4n) is 3.85. The van der Waals surface area contributed by atoms with Crippen LogP contribution in [0.1, 0.15) is 36.8 Å². The lowest BCUT2D eigenvalue weighted by atomic mass is 9.77. The number of hydrogen-bond donors (Lipinski definition) is 2. The fraction of sp³-hybridized carbons (Fsp3) is 0.280. The van der Waals surface area contributed by atoms with Gasteiger partial charge in [0.25, 0.3) is 0 Å². The average molecular weight is 422 g/mol. The Morgan fingerprint density at radius 1 is 0.806 bits per heavy atom. The van der Waals surface area contributed by atoms with Crippen LogP contribution in [0.3, 0.4) is 0 Å². The van der Waals surface area contributed by atoms with E-state index in [0.29, 0.717) is 35.5 Å². The summed E-state index contributed by atoms with van der Waals surface area (Å²) in [4.78, 5) is 26.2. The number of methoxy groups -OCH3 is 2. The van der Waals surface area contributed by atoms with Crippen molar-refractivity contribution in [2.45, 2.75) is 25.7 Å². The van der Waals surface area contributed by atoms with Gasteiger partial charge in [-0.1, -0.05) is 37.1 Å². The van der Waals surface area contributed by atoms with E-state index in [1.54, 1.807) is 36.4 Å². The number of allylic oxidation sites excluding steroid dienone is 2. The monoisotopic (exact) mass is 422 g/mol. The highest BCUT2D eigenvalue weighted by Gasteiger charge is 2.44. The molecule has 0 saturated heterocycles. The molecule has 0 spiro atoms. The Morgan fingerprint density at radius 2 is 1.23 bits per heavy atom. The van der Waals surface area contributed by atoms with Crippen LogP contribution in [0.5, 0.6) is 23.0 Å². The number of aromatic hydroxyl groups is 2. The maximum atomic E-state index is 13.1. The molecule has 2 N–H and O–H groups in total. The maximum Gasteiger partial charge on any atom is 0.169 e. The molecule has 3 rings (SSSR count). The third-order valence-electron chi connectivity index (χ3n) is 5.66. The number of hydrogen-bond acceptors (Lipinski definition) is 6. The van der Waals surface area contributed by atoms with Gasteiger partial charge in [-0.3, -0.25) is 9.59 Å². The number of rotatable bonds is 8. The standard InChI is InChI=1S/C25H26O6/c1-30-21-15-17(5-9-19(21)26)7-11-23(28)25(13-3-4-14-25)24(29)12-8-18-6-10-20(27)22(16-18)31-2/h5-12,15-16,26-27H,3-4,13-14H2,1-2H3/b11-7+,12-8+. The van der Waals surface area contributed by atoms with Crippen molar-refractivity contribution in [3.05, 3.63) is 59.7 Å². The molecular weight excluding hydrogens is 396 g/mol. The van der Waals surface area contributed by atoms with E-state index in [1.807, 2.05) is 0 Å². The SMILES string of the molecule is COc1cc(/C=C/C(=O)C2(C(=O)/C=C/c3ccc(O)c(OC)c3)CCCC2)ccc1O. The van der Waals surface area contributed by atoms with E-state index in [9.17, 15) is 19.8 Å². The Kier molecular flexibility index (Phi) is 6.80. The Morgan fingerprint density at radius 3 is 1.61 bits per heavy atom. The molecule has 0 bridgehead atoms. The predicted molar refractivity (Wildman–Crippen MR) is 118 cm³/mol. The third kappa shape index (κ3) is 4.79. The zero-order valence-electron chi connectivity index (χ0n) is 17.6. The Balaban J connectivity index is 1.80. The summed E-state index contributed by atoms with van der Waals surface area (Å²) < 4.78 is 10.2. The highest BCUT2D eigenvalue weighted by molar-refractivity contribution is 6.17. The summed E-state index contributed by atoms with van der Waals surface area (Å²) in [5.74, 6) is 0.209. The average Bonchev–Trinajstić information content (AvgIpc) is 3.29. The minimum Gasteiger partial charge on any atom is -0.504 e. The van der Waals surface area contributed by atoms with Gasteiger partial charge in [-0.25, -0.2) is 0 Å². The van der Waals surface area contributed by atoms with Crippen LogP contribution in [0.25, 0.3) is 12.2 Å². The van der Waals surface area contributed by atoms with E-state index < -0.39 is 5.41 Å². The number of ketones is 2. The zero-order valence-corrected chi connectivity index (χ0v) is 17.6. The van der Waals surface area contributed by atoms with Gasteiger partial charge >= 0.3 is 0 Å². The number of ether oxygens (including phenoxy) is 2. The molecule has 0 aliphatic heterocycles. The molecule has 2 aromatic rings. The van der Waals surface area contributed by atoms with Crippen LogP contribution in [0.15, 0.2) is 48.6 Å². The minimum absolute atomic E-state index is 0.0180. The van der Waals surface area contributed by atoms with E-state index in [-0.39, 0.29) is 23.1 Å². The van der Waals surface area contributed by atoms with Gasteiger partial charge < -0.3 is 19.7 Å². The molecule has 31 heavy (non-hydrogen) atoms. The molecule has 162 valence electrons. The lowest BCUT2D eigenvalue weighted by Crippen LogP contribution is -2.34. The van der Waals surface area contributed by atoms with Crippen molar-refractivity contribution >= 4 is 23.7 Å². The highest BCUT2D eigenvalue weighted by atomic mass is 16.5. The van der Waals surface area contributed by atoms with Gasteiger partial charge in [-0.2, -0.15) is 0 Å². The summed E-state index contributed by atoms with van der Waals surface area (Å²) in [5.41, 5.74) is 0.320. The van der Waals surface area contributed by atoms with Crippen LogP contribution in [0, 0.1) is 5.41 Å². The lowest BCUT2D eigenvalue weighted by Gasteiger charge is -2.22. The normalized spacial score (nSPS) is 15.4. The van der Waals surface area contributed by atoms with Gasteiger partial charge in [0.15, 0.2) is 34.6 Å². The molecule has 1 aliphatic rings. The van der Waals surface area contributed by atoms with E-state index in [2.05, 4.69) is 0 Å². The van der Waals surface area contributed by atoms with E-state index >= 15 is 0 Å². The first-order chi connectivity index (χ1) is 14.9. The summed E-state index contributed by atoms with van der Waals surface area (Å²) in [7, 11) is 2.91. The molecule has 0 amide bonds. The van der Waals surface area contributed by atoms with Crippen molar-refractivity contribution in [1.29, 1.82) is 0 Å². The zero-order chi connectivity index (χ0) is 22.4. The number of phenolic OH excluding ortho intramolecular Hbond substituents is 2. The van der Waals surface area contributed by atoms with Crippen LogP contribution >= 0.6 is 0 Å². The summed E-state index contributed by atoms with van der Waals surface area (Å²) in [5, 5.41) is 19.4. The van der Waals surface area contributed by atoms with E-state index in [4.69, 9.17) is 9.47 Å². The molecule has 6 nitrogen and oxygen atoms in total. The van der Waals surface area contributed by atoms with Gasteiger partial charge in [-0.15, -0.1) is 0 Å². The van der Waals surface area contributed by atoms with Gasteiger partial charge in [0.1, 0.15) is 0 Å². The second-order valence-corrected chi connectivity index (χ2v) is 7.55. The summed E-state index contributed by atoms with van der Waals surface area (Å²) in [6.45, 7) is 0. The third-order valence-corrected chi connectivity index (χ3v) is 5.66. The molecular formula is C25H26O6. The van der Waals surface area contributed by atoms with Gasteiger partial charge in [0.2, 0.25) is 0 Å². The fourth-order valence-corrected chi connectivity index (χ4v) is 3.85. The van der Waals surface area contributed by atoms with Gasteiger partial charge in [0.05, 0.1) is 19.6 Å². The van der Waals surface area contributed by atoms with Crippen LogP contribution in [-0.2, 0) is 9.59 Å². The summed E-state index contributed by atoms with van der Waals surface area (Å²) in [6, 6.07) is 9.58. The van der Waals surface area contributed by atoms with Crippen molar-refractivity contribution in [1.82, 2.24) is 0 Å². The summed E-state index contributed by atoms with van der Waals surface area (Å²) >= 11 is 0. The number of carbonyl (C=O) groups excluding carboxylic acids is 2. The predicted octanol–water partition coefficient (Wildman–Crippen LogP) is 4.54. The molecule has 6 heteroatoms. The van der Waals surface area contributed by atoms with E-state index in [1.165, 1.54) is 38.5 Å². The van der Waals surface area contributed by atoms with E-state index in [0.717, 1.165) is 12.8 Å². The number of phenols is 2. The number of carbonyl (C=O) groups is 2. The van der Waals surface area contributed by atoms with Crippen LogP contribution < -0.4 is 9.47 Å². The molecule has 0 atom stereocenters.